The fourth-order valence-corrected chi connectivity index (χ4v) is 5.86. The van der Waals surface area contributed by atoms with Crippen LogP contribution in [0, 0.1) is 23.7 Å². The first-order chi connectivity index (χ1) is 9.63. The number of fused-ring (bicyclic) bond motifs is 2. The minimum absolute atomic E-state index is 0.0694. The Hall–Kier alpha value is -0.200. The lowest BCUT2D eigenvalue weighted by atomic mass is 9.68. The van der Waals surface area contributed by atoms with E-state index in [2.05, 4.69) is 0 Å². The summed E-state index contributed by atoms with van der Waals surface area (Å²) in [6.07, 6.45) is 2.39. The molecule has 114 valence electrons. The van der Waals surface area contributed by atoms with Crippen LogP contribution in [0.1, 0.15) is 26.2 Å². The van der Waals surface area contributed by atoms with Gasteiger partial charge in [-0.2, -0.15) is 0 Å². The average molecular weight is 284 g/mol. The molecule has 7 atom stereocenters. The SMILES string of the molecule is CCO[C@]12C[C@@H]3[C@H]4[C@H]([C@H](CC[C@H]4O)O1)[C@H]2C3(OC)OC. The highest BCUT2D eigenvalue weighted by Crippen LogP contribution is 2.72. The molecule has 20 heavy (non-hydrogen) atoms. The van der Waals surface area contributed by atoms with E-state index >= 15 is 0 Å². The van der Waals surface area contributed by atoms with Gasteiger partial charge in [0.05, 0.1) is 18.1 Å². The third-order valence-corrected chi connectivity index (χ3v) is 6.22. The van der Waals surface area contributed by atoms with Crippen LogP contribution >= 0.6 is 0 Å². The van der Waals surface area contributed by atoms with Crippen LogP contribution in [0.5, 0.6) is 0 Å². The van der Waals surface area contributed by atoms with Crippen molar-refractivity contribution in [2.45, 2.75) is 50.0 Å². The van der Waals surface area contributed by atoms with E-state index in [1.165, 1.54) is 0 Å². The van der Waals surface area contributed by atoms with E-state index in [9.17, 15) is 5.11 Å². The van der Waals surface area contributed by atoms with Gasteiger partial charge in [0.2, 0.25) is 0 Å². The van der Waals surface area contributed by atoms with Crippen LogP contribution in [0.3, 0.4) is 0 Å². The van der Waals surface area contributed by atoms with Gasteiger partial charge in [-0.25, -0.2) is 0 Å². The Kier molecular flexibility index (Phi) is 2.81. The highest BCUT2D eigenvalue weighted by atomic mass is 16.7. The Morgan fingerprint density at radius 3 is 2.60 bits per heavy atom. The van der Waals surface area contributed by atoms with Gasteiger partial charge in [0.25, 0.3) is 0 Å². The lowest BCUT2D eigenvalue weighted by Gasteiger charge is -2.37. The maximum atomic E-state index is 10.5. The standard InChI is InChI=1S/C15H24O5/c1-4-19-14-7-8-11-9(16)5-6-10(20-14)12(11)13(14)15(8,17-2)18-3/h8-13,16H,4-7H2,1-3H3/t8-,9-,10+,11-,12+,13-,14-/m1/s1. The maximum Gasteiger partial charge on any atom is 0.179 e. The molecule has 5 nitrogen and oxygen atoms in total. The predicted octanol–water partition coefficient (Wildman–Crippen LogP) is 1.14. The molecule has 3 saturated carbocycles. The Morgan fingerprint density at radius 2 is 1.95 bits per heavy atom. The molecule has 1 saturated heterocycles. The molecule has 5 heteroatoms. The van der Waals surface area contributed by atoms with Crippen molar-refractivity contribution in [3.63, 3.8) is 0 Å². The minimum atomic E-state index is -0.662. The van der Waals surface area contributed by atoms with E-state index in [1.54, 1.807) is 14.2 Å². The van der Waals surface area contributed by atoms with Crippen molar-refractivity contribution in [1.29, 1.82) is 0 Å². The Balaban J connectivity index is 1.82. The summed E-state index contributed by atoms with van der Waals surface area (Å²) in [7, 11) is 3.41. The third kappa shape index (κ3) is 1.27. The largest absolute Gasteiger partial charge is 0.393 e. The Morgan fingerprint density at radius 1 is 1.20 bits per heavy atom. The van der Waals surface area contributed by atoms with Gasteiger partial charge in [0.15, 0.2) is 11.6 Å². The van der Waals surface area contributed by atoms with Crippen LogP contribution in [0.2, 0.25) is 0 Å². The van der Waals surface area contributed by atoms with E-state index in [-0.39, 0.29) is 30.0 Å². The molecule has 0 aromatic carbocycles. The van der Waals surface area contributed by atoms with Gasteiger partial charge in [-0.3, -0.25) is 0 Å². The molecule has 0 unspecified atom stereocenters. The molecule has 0 radical (unpaired) electrons. The maximum absolute atomic E-state index is 10.5. The number of rotatable bonds is 4. The second-order valence-electron chi connectivity index (χ2n) is 6.62. The molecule has 1 heterocycles. The first-order valence-corrected chi connectivity index (χ1v) is 7.73. The lowest BCUT2D eigenvalue weighted by molar-refractivity contribution is -0.282. The molecule has 0 spiro atoms. The van der Waals surface area contributed by atoms with Gasteiger partial charge in [0, 0.05) is 39.1 Å². The summed E-state index contributed by atoms with van der Waals surface area (Å²) in [5.74, 6) is -0.496. The average Bonchev–Trinajstić information content (AvgIpc) is 2.98. The smallest absolute Gasteiger partial charge is 0.179 e. The molecular weight excluding hydrogens is 260 g/mol. The zero-order valence-electron chi connectivity index (χ0n) is 12.4. The summed E-state index contributed by atoms with van der Waals surface area (Å²) in [6, 6.07) is 0. The van der Waals surface area contributed by atoms with Gasteiger partial charge < -0.3 is 24.1 Å². The second-order valence-corrected chi connectivity index (χ2v) is 6.62. The fraction of sp³-hybridized carbons (Fsp3) is 1.00. The van der Waals surface area contributed by atoms with Crippen LogP contribution < -0.4 is 0 Å². The second kappa shape index (κ2) is 4.17. The summed E-state index contributed by atoms with van der Waals surface area (Å²) in [4.78, 5) is 0. The number of methoxy groups -OCH3 is 2. The van der Waals surface area contributed by atoms with Gasteiger partial charge >= 0.3 is 0 Å². The molecule has 2 bridgehead atoms. The van der Waals surface area contributed by atoms with Gasteiger partial charge in [-0.15, -0.1) is 0 Å². The van der Waals surface area contributed by atoms with Crippen LogP contribution in [0.15, 0.2) is 0 Å². The zero-order valence-corrected chi connectivity index (χ0v) is 12.4. The molecule has 0 amide bonds. The number of hydrogen-bond acceptors (Lipinski definition) is 5. The van der Waals surface area contributed by atoms with Gasteiger partial charge in [0.1, 0.15) is 0 Å². The number of ether oxygens (including phenoxy) is 4. The number of aliphatic hydroxyl groups excluding tert-OH is 1. The van der Waals surface area contributed by atoms with Crippen molar-refractivity contribution < 1.29 is 24.1 Å². The van der Waals surface area contributed by atoms with Crippen LogP contribution in [-0.4, -0.2) is 49.7 Å². The monoisotopic (exact) mass is 284 g/mol. The van der Waals surface area contributed by atoms with Crippen molar-refractivity contribution in [3.8, 4) is 0 Å². The quantitative estimate of drug-likeness (QED) is 0.785. The third-order valence-electron chi connectivity index (χ3n) is 6.22. The molecule has 0 aromatic rings. The van der Waals surface area contributed by atoms with E-state index < -0.39 is 11.6 Å². The minimum Gasteiger partial charge on any atom is -0.393 e. The highest BCUT2D eigenvalue weighted by Gasteiger charge is 2.82. The summed E-state index contributed by atoms with van der Waals surface area (Å²) in [6.45, 7) is 2.62. The van der Waals surface area contributed by atoms with E-state index in [4.69, 9.17) is 18.9 Å². The molecule has 4 fully saturated rings. The van der Waals surface area contributed by atoms with Gasteiger partial charge in [-0.1, -0.05) is 0 Å². The van der Waals surface area contributed by atoms with Crippen LogP contribution in [0.25, 0.3) is 0 Å². The Bertz CT molecular complexity index is 409. The molecule has 1 N–H and O–H groups in total. The zero-order chi connectivity index (χ0) is 14.1. The van der Waals surface area contributed by atoms with Crippen LogP contribution in [0.4, 0.5) is 0 Å². The van der Waals surface area contributed by atoms with Crippen molar-refractivity contribution in [2.24, 2.45) is 23.7 Å². The van der Waals surface area contributed by atoms with Crippen molar-refractivity contribution in [2.75, 3.05) is 20.8 Å². The Labute approximate surface area is 119 Å². The van der Waals surface area contributed by atoms with E-state index in [0.717, 1.165) is 19.3 Å². The normalized spacial score (nSPS) is 54.6. The van der Waals surface area contributed by atoms with Crippen LogP contribution in [-0.2, 0) is 18.9 Å². The van der Waals surface area contributed by atoms with Crippen molar-refractivity contribution >= 4 is 0 Å². The first kappa shape index (κ1) is 13.5. The topological polar surface area (TPSA) is 57.2 Å². The lowest BCUT2D eigenvalue weighted by Crippen LogP contribution is -2.46. The van der Waals surface area contributed by atoms with Crippen molar-refractivity contribution in [1.82, 2.24) is 0 Å². The molecule has 4 aliphatic rings. The molecule has 3 aliphatic carbocycles. The number of aliphatic hydroxyl groups is 1. The summed E-state index contributed by atoms with van der Waals surface area (Å²) in [5, 5.41) is 10.5. The summed E-state index contributed by atoms with van der Waals surface area (Å²) < 4.78 is 24.1. The molecule has 1 aliphatic heterocycles. The van der Waals surface area contributed by atoms with E-state index in [0.29, 0.717) is 12.5 Å². The fourth-order valence-electron chi connectivity index (χ4n) is 5.86. The predicted molar refractivity (Wildman–Crippen MR) is 69.8 cm³/mol. The van der Waals surface area contributed by atoms with E-state index in [1.807, 2.05) is 6.92 Å². The van der Waals surface area contributed by atoms with Crippen molar-refractivity contribution in [3.05, 3.63) is 0 Å². The molecule has 0 aromatic heterocycles. The number of hydrogen-bond donors (Lipinski definition) is 1. The first-order valence-electron chi connectivity index (χ1n) is 7.73. The highest BCUT2D eigenvalue weighted by molar-refractivity contribution is 5.23. The summed E-state index contributed by atoms with van der Waals surface area (Å²) >= 11 is 0. The van der Waals surface area contributed by atoms with Gasteiger partial charge in [-0.05, 0) is 25.7 Å². The summed E-state index contributed by atoms with van der Waals surface area (Å²) in [5.41, 5.74) is 0. The molecular formula is C15H24O5. The molecule has 4 rings (SSSR count).